The highest BCUT2D eigenvalue weighted by atomic mass is 16.3. The molecule has 0 aliphatic carbocycles. The van der Waals surface area contributed by atoms with Crippen molar-refractivity contribution in [2.45, 2.75) is 13.1 Å². The minimum absolute atomic E-state index is 0.0432. The van der Waals surface area contributed by atoms with Gasteiger partial charge in [0.05, 0.1) is 12.5 Å². The molecule has 0 unspecified atom stereocenters. The maximum Gasteiger partial charge on any atom is 0.252 e. The SMILES string of the molecule is O=c1[nH]c2ccccc2cc1CNCc1ccoc1. The molecular formula is C15H14N2O2. The summed E-state index contributed by atoms with van der Waals surface area (Å²) < 4.78 is 4.99. The number of pyridine rings is 1. The number of para-hydroxylation sites is 1. The van der Waals surface area contributed by atoms with Crippen LogP contribution in [0.2, 0.25) is 0 Å². The summed E-state index contributed by atoms with van der Waals surface area (Å²) in [4.78, 5) is 14.8. The summed E-state index contributed by atoms with van der Waals surface area (Å²) in [6.07, 6.45) is 3.33. The second-order valence-electron chi connectivity index (χ2n) is 4.45. The molecule has 3 aromatic rings. The van der Waals surface area contributed by atoms with Crippen molar-refractivity contribution < 1.29 is 4.42 Å². The standard InChI is InChI=1S/C15H14N2O2/c18-15-13(9-16-8-11-5-6-19-10-11)7-12-3-1-2-4-14(12)17-15/h1-7,10,16H,8-9H2,(H,17,18). The Morgan fingerprint density at radius 1 is 1.16 bits per heavy atom. The summed E-state index contributed by atoms with van der Waals surface area (Å²) >= 11 is 0. The number of benzene rings is 1. The number of rotatable bonds is 4. The maximum absolute atomic E-state index is 11.9. The van der Waals surface area contributed by atoms with E-state index in [0.717, 1.165) is 22.0 Å². The molecule has 0 aliphatic rings. The van der Waals surface area contributed by atoms with E-state index in [4.69, 9.17) is 4.42 Å². The smallest absolute Gasteiger partial charge is 0.252 e. The van der Waals surface area contributed by atoms with Gasteiger partial charge in [-0.05, 0) is 23.6 Å². The van der Waals surface area contributed by atoms with Crippen molar-refractivity contribution in [1.82, 2.24) is 10.3 Å². The summed E-state index contributed by atoms with van der Waals surface area (Å²) in [5.74, 6) is 0. The predicted molar refractivity (Wildman–Crippen MR) is 73.8 cm³/mol. The third-order valence-corrected chi connectivity index (χ3v) is 3.06. The molecule has 3 rings (SSSR count). The number of hydrogen-bond acceptors (Lipinski definition) is 3. The van der Waals surface area contributed by atoms with Crippen molar-refractivity contribution in [3.8, 4) is 0 Å². The Morgan fingerprint density at radius 2 is 2.05 bits per heavy atom. The highest BCUT2D eigenvalue weighted by molar-refractivity contribution is 5.78. The Balaban J connectivity index is 1.77. The molecule has 96 valence electrons. The molecule has 0 fully saturated rings. The lowest BCUT2D eigenvalue weighted by Crippen LogP contribution is -2.20. The minimum atomic E-state index is -0.0432. The molecule has 2 aromatic heterocycles. The van der Waals surface area contributed by atoms with Gasteiger partial charge in [-0.3, -0.25) is 4.79 Å². The Labute approximate surface area is 110 Å². The van der Waals surface area contributed by atoms with E-state index in [9.17, 15) is 4.79 Å². The largest absolute Gasteiger partial charge is 0.472 e. The maximum atomic E-state index is 11.9. The van der Waals surface area contributed by atoms with Crippen LogP contribution >= 0.6 is 0 Å². The van der Waals surface area contributed by atoms with E-state index in [1.54, 1.807) is 12.5 Å². The normalized spacial score (nSPS) is 10.9. The Kier molecular flexibility index (Phi) is 3.16. The van der Waals surface area contributed by atoms with Crippen LogP contribution in [-0.2, 0) is 13.1 Å². The van der Waals surface area contributed by atoms with E-state index in [0.29, 0.717) is 13.1 Å². The van der Waals surface area contributed by atoms with Crippen molar-refractivity contribution >= 4 is 10.9 Å². The molecule has 4 nitrogen and oxygen atoms in total. The van der Waals surface area contributed by atoms with E-state index in [-0.39, 0.29) is 5.56 Å². The first-order valence-corrected chi connectivity index (χ1v) is 6.16. The first kappa shape index (κ1) is 11.7. The molecule has 0 saturated carbocycles. The van der Waals surface area contributed by atoms with Crippen LogP contribution in [-0.4, -0.2) is 4.98 Å². The fourth-order valence-corrected chi connectivity index (χ4v) is 2.06. The summed E-state index contributed by atoms with van der Waals surface area (Å²) in [5.41, 5.74) is 2.63. The van der Waals surface area contributed by atoms with Gasteiger partial charge in [0, 0.05) is 29.7 Å². The Hall–Kier alpha value is -2.33. The van der Waals surface area contributed by atoms with E-state index in [2.05, 4.69) is 10.3 Å². The molecule has 0 atom stereocenters. The molecule has 0 radical (unpaired) electrons. The zero-order valence-corrected chi connectivity index (χ0v) is 10.3. The van der Waals surface area contributed by atoms with Crippen molar-refractivity contribution in [3.05, 3.63) is 70.4 Å². The Bertz CT molecular complexity index is 729. The van der Waals surface area contributed by atoms with Gasteiger partial charge in [-0.2, -0.15) is 0 Å². The number of hydrogen-bond donors (Lipinski definition) is 2. The second kappa shape index (κ2) is 5.12. The lowest BCUT2D eigenvalue weighted by molar-refractivity contribution is 0.560. The van der Waals surface area contributed by atoms with Gasteiger partial charge in [0.15, 0.2) is 0 Å². The van der Waals surface area contributed by atoms with Gasteiger partial charge in [0.1, 0.15) is 0 Å². The third kappa shape index (κ3) is 2.58. The minimum Gasteiger partial charge on any atom is -0.472 e. The molecule has 0 amide bonds. The van der Waals surface area contributed by atoms with Crippen molar-refractivity contribution in [1.29, 1.82) is 0 Å². The molecule has 4 heteroatoms. The van der Waals surface area contributed by atoms with Crippen LogP contribution in [0.25, 0.3) is 10.9 Å². The first-order valence-electron chi connectivity index (χ1n) is 6.16. The van der Waals surface area contributed by atoms with Crippen LogP contribution in [0.15, 0.2) is 58.1 Å². The summed E-state index contributed by atoms with van der Waals surface area (Å²) in [6, 6.07) is 11.6. The van der Waals surface area contributed by atoms with Gasteiger partial charge >= 0.3 is 0 Å². The fourth-order valence-electron chi connectivity index (χ4n) is 2.06. The highest BCUT2D eigenvalue weighted by Gasteiger charge is 2.02. The molecule has 2 heterocycles. The van der Waals surface area contributed by atoms with Crippen LogP contribution in [0.3, 0.4) is 0 Å². The molecule has 0 bridgehead atoms. The lowest BCUT2D eigenvalue weighted by atomic mass is 10.1. The second-order valence-corrected chi connectivity index (χ2v) is 4.45. The van der Waals surface area contributed by atoms with E-state index in [1.807, 2.05) is 36.4 Å². The third-order valence-electron chi connectivity index (χ3n) is 3.06. The van der Waals surface area contributed by atoms with Crippen LogP contribution < -0.4 is 10.9 Å². The van der Waals surface area contributed by atoms with Gasteiger partial charge < -0.3 is 14.7 Å². The quantitative estimate of drug-likeness (QED) is 0.751. The number of aromatic nitrogens is 1. The highest BCUT2D eigenvalue weighted by Crippen LogP contribution is 2.10. The molecule has 19 heavy (non-hydrogen) atoms. The average Bonchev–Trinajstić information content (AvgIpc) is 2.92. The molecular weight excluding hydrogens is 240 g/mol. The number of furan rings is 1. The zero-order chi connectivity index (χ0) is 13.1. The van der Waals surface area contributed by atoms with E-state index < -0.39 is 0 Å². The van der Waals surface area contributed by atoms with Gasteiger partial charge in [-0.1, -0.05) is 18.2 Å². The predicted octanol–water partition coefficient (Wildman–Crippen LogP) is 2.41. The van der Waals surface area contributed by atoms with Gasteiger partial charge in [-0.25, -0.2) is 0 Å². The van der Waals surface area contributed by atoms with Crippen molar-refractivity contribution in [2.75, 3.05) is 0 Å². The number of H-pyrrole nitrogens is 1. The van der Waals surface area contributed by atoms with Crippen LogP contribution in [0.5, 0.6) is 0 Å². The van der Waals surface area contributed by atoms with Crippen LogP contribution in [0, 0.1) is 0 Å². The molecule has 0 aliphatic heterocycles. The summed E-state index contributed by atoms with van der Waals surface area (Å²) in [6.45, 7) is 1.22. The topological polar surface area (TPSA) is 58.0 Å². The summed E-state index contributed by atoms with van der Waals surface area (Å²) in [5, 5.41) is 4.27. The lowest BCUT2D eigenvalue weighted by Gasteiger charge is -2.04. The van der Waals surface area contributed by atoms with Gasteiger partial charge in [-0.15, -0.1) is 0 Å². The molecule has 1 aromatic carbocycles. The Morgan fingerprint density at radius 3 is 2.89 bits per heavy atom. The number of aromatic amines is 1. The molecule has 0 spiro atoms. The monoisotopic (exact) mass is 254 g/mol. The van der Waals surface area contributed by atoms with Gasteiger partial charge in [0.2, 0.25) is 0 Å². The zero-order valence-electron chi connectivity index (χ0n) is 10.3. The fraction of sp³-hybridized carbons (Fsp3) is 0.133. The van der Waals surface area contributed by atoms with Crippen LogP contribution in [0.1, 0.15) is 11.1 Å². The average molecular weight is 254 g/mol. The van der Waals surface area contributed by atoms with Crippen LogP contribution in [0.4, 0.5) is 0 Å². The van der Waals surface area contributed by atoms with Crippen molar-refractivity contribution in [2.24, 2.45) is 0 Å². The number of nitrogens with one attached hydrogen (secondary N) is 2. The van der Waals surface area contributed by atoms with E-state index in [1.165, 1.54) is 0 Å². The summed E-state index contributed by atoms with van der Waals surface area (Å²) in [7, 11) is 0. The molecule has 2 N–H and O–H groups in total. The van der Waals surface area contributed by atoms with E-state index >= 15 is 0 Å². The first-order chi connectivity index (χ1) is 9.33. The molecule has 0 saturated heterocycles. The van der Waals surface area contributed by atoms with Gasteiger partial charge in [0.25, 0.3) is 5.56 Å². The number of fused-ring (bicyclic) bond motifs is 1. The van der Waals surface area contributed by atoms with Crippen molar-refractivity contribution in [3.63, 3.8) is 0 Å².